The summed E-state index contributed by atoms with van der Waals surface area (Å²) in [6, 6.07) is 3.90. The van der Waals surface area contributed by atoms with Crippen LogP contribution in [0, 0.1) is 17.0 Å². The normalized spacial score (nSPS) is 16.8. The van der Waals surface area contributed by atoms with E-state index < -0.39 is 4.92 Å². The number of nitrogens with zero attached hydrogens (tertiary/aromatic N) is 5. The third kappa shape index (κ3) is 5.03. The fraction of sp³-hybridized carbons (Fsp3) is 0.500. The van der Waals surface area contributed by atoms with Crippen molar-refractivity contribution in [2.45, 2.75) is 39.5 Å². The summed E-state index contributed by atoms with van der Waals surface area (Å²) >= 11 is 0. The van der Waals surface area contributed by atoms with Crippen LogP contribution in [0.4, 0.5) is 11.6 Å². The summed E-state index contributed by atoms with van der Waals surface area (Å²) < 4.78 is 7.15. The molecule has 1 fully saturated rings. The number of aromatic nitrogens is 3. The van der Waals surface area contributed by atoms with Gasteiger partial charge in [-0.1, -0.05) is 6.07 Å². The second kappa shape index (κ2) is 8.79. The summed E-state index contributed by atoms with van der Waals surface area (Å²) in [5.41, 5.74) is 0.910. The monoisotopic (exact) mass is 388 g/mol. The van der Waals surface area contributed by atoms with Gasteiger partial charge < -0.3 is 29.6 Å². The van der Waals surface area contributed by atoms with Crippen molar-refractivity contribution in [3.63, 3.8) is 0 Å². The molecule has 1 N–H and O–H groups in total. The lowest BCUT2D eigenvalue weighted by Gasteiger charge is -2.32. The van der Waals surface area contributed by atoms with Crippen LogP contribution in [0.5, 0.6) is 0 Å². The average molecular weight is 388 g/mol. The highest BCUT2D eigenvalue weighted by molar-refractivity contribution is 5.75. The van der Waals surface area contributed by atoms with Crippen LogP contribution < -0.4 is 10.2 Å². The number of nitro groups is 1. The maximum absolute atomic E-state index is 12.1. The minimum Gasteiger partial charge on any atom is -0.375 e. The third-order valence-corrected chi connectivity index (χ3v) is 4.59. The van der Waals surface area contributed by atoms with E-state index in [2.05, 4.69) is 20.2 Å². The van der Waals surface area contributed by atoms with Gasteiger partial charge in [0.1, 0.15) is 12.0 Å². The summed E-state index contributed by atoms with van der Waals surface area (Å²) in [7, 11) is 0. The van der Waals surface area contributed by atoms with Gasteiger partial charge in [-0.3, -0.25) is 4.79 Å². The molecular formula is C18H24N6O4. The van der Waals surface area contributed by atoms with E-state index in [4.69, 9.17) is 4.74 Å². The van der Waals surface area contributed by atoms with Gasteiger partial charge in [-0.15, -0.1) is 0 Å². The second-order valence-electron chi connectivity index (χ2n) is 6.78. The molecule has 1 aliphatic heterocycles. The van der Waals surface area contributed by atoms with Crippen molar-refractivity contribution in [1.82, 2.24) is 19.9 Å². The Balaban J connectivity index is 1.46. The first-order chi connectivity index (χ1) is 13.4. The first-order valence-corrected chi connectivity index (χ1v) is 9.18. The van der Waals surface area contributed by atoms with Gasteiger partial charge in [-0.2, -0.15) is 0 Å². The molecule has 1 aliphatic rings. The van der Waals surface area contributed by atoms with E-state index in [0.29, 0.717) is 25.5 Å². The number of hydrogen-bond acceptors (Lipinski definition) is 7. The van der Waals surface area contributed by atoms with Crippen LogP contribution in [0.3, 0.4) is 0 Å². The molecule has 0 spiro atoms. The minimum atomic E-state index is -0.544. The summed E-state index contributed by atoms with van der Waals surface area (Å²) in [6.07, 6.45) is 3.51. The van der Waals surface area contributed by atoms with Gasteiger partial charge in [-0.25, -0.2) is 4.98 Å². The number of carbonyl (C=O) groups excluding carboxylic acids is 1. The SMILES string of the molecule is Cc1nc([N+](=O)[O-])cn1CCC(=O)NCc1ccc(N2CCOC(C)C2)nc1. The largest absolute Gasteiger partial charge is 0.381 e. The zero-order valence-electron chi connectivity index (χ0n) is 16.0. The second-order valence-corrected chi connectivity index (χ2v) is 6.78. The van der Waals surface area contributed by atoms with Crippen LogP contribution >= 0.6 is 0 Å². The molecule has 2 aromatic rings. The lowest BCUT2D eigenvalue weighted by molar-refractivity contribution is -0.389. The Kier molecular flexibility index (Phi) is 6.19. The average Bonchev–Trinajstić information content (AvgIpc) is 3.06. The summed E-state index contributed by atoms with van der Waals surface area (Å²) in [4.78, 5) is 32.8. The molecule has 150 valence electrons. The van der Waals surface area contributed by atoms with Gasteiger partial charge in [0.25, 0.3) is 0 Å². The summed E-state index contributed by atoms with van der Waals surface area (Å²) in [6.45, 7) is 6.76. The number of aryl methyl sites for hydroxylation is 2. The van der Waals surface area contributed by atoms with E-state index >= 15 is 0 Å². The number of nitrogens with one attached hydrogen (secondary N) is 1. The molecule has 0 aromatic carbocycles. The predicted molar refractivity (Wildman–Crippen MR) is 102 cm³/mol. The molecular weight excluding hydrogens is 364 g/mol. The Bertz CT molecular complexity index is 835. The van der Waals surface area contributed by atoms with Crippen LogP contribution in [-0.4, -0.2) is 51.2 Å². The van der Waals surface area contributed by atoms with E-state index in [1.165, 1.54) is 6.20 Å². The molecule has 3 rings (SSSR count). The Morgan fingerprint density at radius 2 is 2.29 bits per heavy atom. The predicted octanol–water partition coefficient (Wildman–Crippen LogP) is 1.43. The van der Waals surface area contributed by atoms with E-state index in [1.54, 1.807) is 17.7 Å². The standard InChI is InChI=1S/C18H24N6O4/c1-13-11-23(7-8-28-13)16-4-3-15(9-19-16)10-20-18(25)5-6-22-12-17(24(26)27)21-14(22)2/h3-4,9,12-13H,5-8,10-11H2,1-2H3,(H,20,25). The van der Waals surface area contributed by atoms with E-state index in [0.717, 1.165) is 24.5 Å². The lowest BCUT2D eigenvalue weighted by atomic mass is 10.2. The zero-order chi connectivity index (χ0) is 20.1. The fourth-order valence-electron chi connectivity index (χ4n) is 3.05. The van der Waals surface area contributed by atoms with Gasteiger partial charge in [0.05, 0.1) is 12.7 Å². The van der Waals surface area contributed by atoms with E-state index in [9.17, 15) is 14.9 Å². The Labute approximate surface area is 162 Å². The highest BCUT2D eigenvalue weighted by Crippen LogP contribution is 2.15. The molecule has 1 unspecified atom stereocenters. The number of amides is 1. The van der Waals surface area contributed by atoms with Crippen molar-refractivity contribution < 1.29 is 14.5 Å². The van der Waals surface area contributed by atoms with Crippen LogP contribution in [0.15, 0.2) is 24.5 Å². The van der Waals surface area contributed by atoms with Crippen molar-refractivity contribution in [3.8, 4) is 0 Å². The molecule has 0 saturated carbocycles. The minimum absolute atomic E-state index is 0.137. The Hall–Kier alpha value is -3.01. The molecule has 0 bridgehead atoms. The number of pyridine rings is 1. The van der Waals surface area contributed by atoms with Crippen molar-refractivity contribution in [1.29, 1.82) is 0 Å². The molecule has 3 heterocycles. The number of morpholine rings is 1. The van der Waals surface area contributed by atoms with Gasteiger partial charge in [0, 0.05) is 45.7 Å². The van der Waals surface area contributed by atoms with Crippen LogP contribution in [-0.2, 0) is 22.6 Å². The third-order valence-electron chi connectivity index (χ3n) is 4.59. The van der Waals surface area contributed by atoms with Gasteiger partial charge >= 0.3 is 5.82 Å². The number of ether oxygens (including phenoxy) is 1. The molecule has 1 amide bonds. The fourth-order valence-corrected chi connectivity index (χ4v) is 3.05. The van der Waals surface area contributed by atoms with E-state index in [-0.39, 0.29) is 24.2 Å². The van der Waals surface area contributed by atoms with Gasteiger partial charge in [-0.05, 0) is 28.5 Å². The molecule has 10 nitrogen and oxygen atoms in total. The van der Waals surface area contributed by atoms with Crippen LogP contribution in [0.25, 0.3) is 0 Å². The topological polar surface area (TPSA) is 115 Å². The number of hydrogen-bond donors (Lipinski definition) is 1. The first kappa shape index (κ1) is 19.7. The Morgan fingerprint density at radius 3 is 2.93 bits per heavy atom. The number of rotatable bonds is 7. The van der Waals surface area contributed by atoms with Crippen molar-refractivity contribution in [3.05, 3.63) is 46.0 Å². The Morgan fingerprint density at radius 1 is 1.46 bits per heavy atom. The highest BCUT2D eigenvalue weighted by atomic mass is 16.6. The van der Waals surface area contributed by atoms with Crippen molar-refractivity contribution in [2.75, 3.05) is 24.6 Å². The summed E-state index contributed by atoms with van der Waals surface area (Å²) in [5.74, 6) is 1.07. The first-order valence-electron chi connectivity index (χ1n) is 9.18. The van der Waals surface area contributed by atoms with Crippen molar-refractivity contribution in [2.24, 2.45) is 0 Å². The molecule has 0 aliphatic carbocycles. The maximum atomic E-state index is 12.1. The zero-order valence-corrected chi connectivity index (χ0v) is 16.0. The molecule has 0 radical (unpaired) electrons. The van der Waals surface area contributed by atoms with Gasteiger partial charge in [0.15, 0.2) is 0 Å². The maximum Gasteiger partial charge on any atom is 0.381 e. The quantitative estimate of drug-likeness (QED) is 0.563. The smallest absolute Gasteiger partial charge is 0.375 e. The number of anilines is 1. The molecule has 28 heavy (non-hydrogen) atoms. The molecule has 10 heteroatoms. The van der Waals surface area contributed by atoms with E-state index in [1.807, 2.05) is 19.1 Å². The van der Waals surface area contributed by atoms with Crippen molar-refractivity contribution >= 4 is 17.5 Å². The van der Waals surface area contributed by atoms with Crippen LogP contribution in [0.1, 0.15) is 24.7 Å². The van der Waals surface area contributed by atoms with Crippen LogP contribution in [0.2, 0.25) is 0 Å². The van der Waals surface area contributed by atoms with Gasteiger partial charge in [0.2, 0.25) is 11.7 Å². The highest BCUT2D eigenvalue weighted by Gasteiger charge is 2.18. The molecule has 2 aromatic heterocycles. The molecule has 1 saturated heterocycles. The summed E-state index contributed by atoms with van der Waals surface area (Å²) in [5, 5.41) is 13.6. The molecule has 1 atom stereocenters. The lowest BCUT2D eigenvalue weighted by Crippen LogP contribution is -2.41. The number of imidazole rings is 1. The number of carbonyl (C=O) groups is 1.